The Morgan fingerprint density at radius 2 is 1.92 bits per heavy atom. The molecule has 1 aromatic heterocycles. The first-order valence-corrected chi connectivity index (χ1v) is 8.41. The first-order chi connectivity index (χ1) is 12.2. The number of likely N-dealkylation sites (tertiary alicyclic amines) is 1. The molecule has 1 saturated heterocycles. The molecule has 0 unspecified atom stereocenters. The molecule has 0 atom stereocenters. The maximum atomic E-state index is 12.9. The van der Waals surface area contributed by atoms with E-state index < -0.39 is 0 Å². The summed E-state index contributed by atoms with van der Waals surface area (Å²) < 4.78 is 24.3. The molecule has 1 aliphatic rings. The minimum absolute atomic E-state index is 0.0571. The van der Waals surface area contributed by atoms with Crippen LogP contribution in [0.5, 0.6) is 5.75 Å². The molecular formula is C19H21FN2O3. The monoisotopic (exact) mass is 344 g/mol. The van der Waals surface area contributed by atoms with Crippen LogP contribution in [0.15, 0.2) is 48.8 Å². The van der Waals surface area contributed by atoms with Crippen molar-refractivity contribution in [2.45, 2.75) is 18.9 Å². The van der Waals surface area contributed by atoms with Gasteiger partial charge in [-0.15, -0.1) is 0 Å². The second-order valence-electron chi connectivity index (χ2n) is 5.91. The van der Waals surface area contributed by atoms with Crippen molar-refractivity contribution in [2.75, 3.05) is 26.3 Å². The molecule has 2 aromatic rings. The highest BCUT2D eigenvalue weighted by atomic mass is 19.1. The molecule has 5 nitrogen and oxygen atoms in total. The van der Waals surface area contributed by atoms with Crippen LogP contribution in [0.4, 0.5) is 4.39 Å². The van der Waals surface area contributed by atoms with Crippen molar-refractivity contribution in [1.82, 2.24) is 9.88 Å². The SMILES string of the molecule is O=C(c1ccc(F)cc1)N1CCC(OCCOc2cccnc2)CC1. The molecule has 132 valence electrons. The van der Waals surface area contributed by atoms with Gasteiger partial charge in [0.15, 0.2) is 0 Å². The van der Waals surface area contributed by atoms with Crippen molar-refractivity contribution in [2.24, 2.45) is 0 Å². The van der Waals surface area contributed by atoms with Gasteiger partial charge in [-0.2, -0.15) is 0 Å². The Morgan fingerprint density at radius 1 is 1.16 bits per heavy atom. The molecule has 0 aliphatic carbocycles. The maximum absolute atomic E-state index is 12.9. The second kappa shape index (κ2) is 8.58. The minimum atomic E-state index is -0.336. The van der Waals surface area contributed by atoms with Crippen LogP contribution in [0.25, 0.3) is 0 Å². The van der Waals surface area contributed by atoms with Crippen LogP contribution in [0.1, 0.15) is 23.2 Å². The second-order valence-corrected chi connectivity index (χ2v) is 5.91. The summed E-state index contributed by atoms with van der Waals surface area (Å²) >= 11 is 0. The summed E-state index contributed by atoms with van der Waals surface area (Å²) in [5.41, 5.74) is 0.519. The van der Waals surface area contributed by atoms with Crippen LogP contribution in [0.2, 0.25) is 0 Å². The van der Waals surface area contributed by atoms with E-state index in [9.17, 15) is 9.18 Å². The van der Waals surface area contributed by atoms with Gasteiger partial charge in [0.25, 0.3) is 5.91 Å². The highest BCUT2D eigenvalue weighted by Gasteiger charge is 2.24. The third-order valence-electron chi connectivity index (χ3n) is 4.16. The van der Waals surface area contributed by atoms with Gasteiger partial charge >= 0.3 is 0 Å². The number of nitrogens with zero attached hydrogens (tertiary/aromatic N) is 2. The Morgan fingerprint density at radius 3 is 2.60 bits per heavy atom. The molecule has 25 heavy (non-hydrogen) atoms. The normalized spacial score (nSPS) is 15.2. The lowest BCUT2D eigenvalue weighted by Crippen LogP contribution is -2.41. The Balaban J connectivity index is 1.37. The molecule has 0 radical (unpaired) electrons. The number of carbonyl (C=O) groups is 1. The summed E-state index contributed by atoms with van der Waals surface area (Å²) in [6, 6.07) is 9.35. The van der Waals surface area contributed by atoms with Crippen LogP contribution in [-0.2, 0) is 4.74 Å². The Kier molecular flexibility index (Phi) is 5.95. The number of aromatic nitrogens is 1. The van der Waals surface area contributed by atoms with E-state index in [0.29, 0.717) is 31.9 Å². The number of pyridine rings is 1. The highest BCUT2D eigenvalue weighted by Crippen LogP contribution is 2.17. The molecule has 6 heteroatoms. The van der Waals surface area contributed by atoms with Gasteiger partial charge in [0.05, 0.1) is 18.9 Å². The summed E-state index contributed by atoms with van der Waals surface area (Å²) in [6.45, 7) is 2.26. The maximum Gasteiger partial charge on any atom is 0.253 e. The predicted molar refractivity (Wildman–Crippen MR) is 91.0 cm³/mol. The predicted octanol–water partition coefficient (Wildman–Crippen LogP) is 2.92. The molecule has 0 bridgehead atoms. The summed E-state index contributed by atoms with van der Waals surface area (Å²) in [6.07, 6.45) is 5.08. The number of benzene rings is 1. The zero-order valence-electron chi connectivity index (χ0n) is 13.9. The molecule has 1 amide bonds. The quantitative estimate of drug-likeness (QED) is 0.756. The first kappa shape index (κ1) is 17.4. The summed E-state index contributed by atoms with van der Waals surface area (Å²) in [5.74, 6) is 0.335. The first-order valence-electron chi connectivity index (χ1n) is 8.41. The smallest absolute Gasteiger partial charge is 0.253 e. The topological polar surface area (TPSA) is 51.7 Å². The molecule has 0 saturated carbocycles. The van der Waals surface area contributed by atoms with Gasteiger partial charge in [-0.05, 0) is 49.2 Å². The van der Waals surface area contributed by atoms with Crippen molar-refractivity contribution in [1.29, 1.82) is 0 Å². The Labute approximate surface area is 146 Å². The third-order valence-corrected chi connectivity index (χ3v) is 4.16. The Bertz CT molecular complexity index is 671. The molecule has 1 fully saturated rings. The summed E-state index contributed by atoms with van der Waals surface area (Å²) in [4.78, 5) is 18.1. The number of hydrogen-bond acceptors (Lipinski definition) is 4. The molecule has 3 rings (SSSR count). The molecule has 1 aliphatic heterocycles. The van der Waals surface area contributed by atoms with Crippen LogP contribution >= 0.6 is 0 Å². The van der Waals surface area contributed by atoms with Crippen molar-refractivity contribution < 1.29 is 18.7 Å². The molecule has 2 heterocycles. The van der Waals surface area contributed by atoms with Crippen LogP contribution in [-0.4, -0.2) is 48.2 Å². The van der Waals surface area contributed by atoms with Gasteiger partial charge in [-0.1, -0.05) is 0 Å². The van der Waals surface area contributed by atoms with E-state index in [1.165, 1.54) is 24.3 Å². The number of amides is 1. The van der Waals surface area contributed by atoms with E-state index in [1.807, 2.05) is 12.1 Å². The number of piperidine rings is 1. The lowest BCUT2D eigenvalue weighted by Gasteiger charge is -2.32. The van der Waals surface area contributed by atoms with E-state index in [0.717, 1.165) is 18.6 Å². The van der Waals surface area contributed by atoms with Crippen LogP contribution in [0, 0.1) is 5.82 Å². The van der Waals surface area contributed by atoms with Crippen molar-refractivity contribution >= 4 is 5.91 Å². The van der Waals surface area contributed by atoms with Gasteiger partial charge in [-0.3, -0.25) is 9.78 Å². The van der Waals surface area contributed by atoms with E-state index in [-0.39, 0.29) is 17.8 Å². The average molecular weight is 344 g/mol. The largest absolute Gasteiger partial charge is 0.490 e. The summed E-state index contributed by atoms with van der Waals surface area (Å²) in [7, 11) is 0. The number of carbonyl (C=O) groups excluding carboxylic acids is 1. The molecule has 1 aromatic carbocycles. The number of halogens is 1. The van der Waals surface area contributed by atoms with Gasteiger partial charge in [-0.25, -0.2) is 4.39 Å². The lowest BCUT2D eigenvalue weighted by atomic mass is 10.1. The molecular weight excluding hydrogens is 323 g/mol. The fraction of sp³-hybridized carbons (Fsp3) is 0.368. The number of hydrogen-bond donors (Lipinski definition) is 0. The van der Waals surface area contributed by atoms with Crippen LogP contribution < -0.4 is 4.74 Å². The third kappa shape index (κ3) is 5.00. The average Bonchev–Trinajstić information content (AvgIpc) is 2.67. The lowest BCUT2D eigenvalue weighted by molar-refractivity contribution is -0.00241. The highest BCUT2D eigenvalue weighted by molar-refractivity contribution is 5.94. The Hall–Kier alpha value is -2.47. The fourth-order valence-corrected chi connectivity index (χ4v) is 2.81. The zero-order chi connectivity index (χ0) is 17.5. The number of ether oxygens (including phenoxy) is 2. The number of rotatable bonds is 6. The van der Waals surface area contributed by atoms with Gasteiger partial charge < -0.3 is 14.4 Å². The summed E-state index contributed by atoms with van der Waals surface area (Å²) in [5, 5.41) is 0. The fourth-order valence-electron chi connectivity index (χ4n) is 2.81. The van der Waals surface area contributed by atoms with Gasteiger partial charge in [0.1, 0.15) is 18.2 Å². The van der Waals surface area contributed by atoms with Crippen molar-refractivity contribution in [3.8, 4) is 5.75 Å². The molecule has 0 N–H and O–H groups in total. The van der Waals surface area contributed by atoms with Crippen molar-refractivity contribution in [3.63, 3.8) is 0 Å². The van der Waals surface area contributed by atoms with Crippen LogP contribution in [0.3, 0.4) is 0 Å². The van der Waals surface area contributed by atoms with E-state index in [4.69, 9.17) is 9.47 Å². The zero-order valence-corrected chi connectivity index (χ0v) is 13.9. The van der Waals surface area contributed by atoms with E-state index in [1.54, 1.807) is 17.3 Å². The standard InChI is InChI=1S/C19H21FN2O3/c20-16-5-3-15(4-6-16)19(23)22-10-7-17(8-11-22)24-12-13-25-18-2-1-9-21-14-18/h1-6,9,14,17H,7-8,10-13H2. The van der Waals surface area contributed by atoms with Crippen molar-refractivity contribution in [3.05, 3.63) is 60.2 Å². The van der Waals surface area contributed by atoms with Gasteiger partial charge in [0, 0.05) is 24.8 Å². The molecule has 0 spiro atoms. The van der Waals surface area contributed by atoms with Gasteiger partial charge in [0.2, 0.25) is 0 Å². The van der Waals surface area contributed by atoms with E-state index in [2.05, 4.69) is 4.98 Å². The van der Waals surface area contributed by atoms with E-state index >= 15 is 0 Å². The minimum Gasteiger partial charge on any atom is -0.490 e.